The molecular formula is C21H19NO5. The summed E-state index contributed by atoms with van der Waals surface area (Å²) in [4.78, 5) is 49.9. The number of carbonyl (C=O) groups is 4. The van der Waals surface area contributed by atoms with Gasteiger partial charge in [-0.15, -0.1) is 0 Å². The molecule has 0 aromatic heterocycles. The molecule has 6 heteroatoms. The van der Waals surface area contributed by atoms with E-state index in [-0.39, 0.29) is 22.5 Å². The number of benzene rings is 2. The van der Waals surface area contributed by atoms with Crippen LogP contribution in [0.15, 0.2) is 36.4 Å². The minimum absolute atomic E-state index is 0.116. The molecule has 0 fully saturated rings. The van der Waals surface area contributed by atoms with Crippen molar-refractivity contribution in [3.8, 4) is 0 Å². The molecule has 2 aromatic carbocycles. The monoisotopic (exact) mass is 365 g/mol. The van der Waals surface area contributed by atoms with Crippen molar-refractivity contribution < 1.29 is 23.9 Å². The Morgan fingerprint density at radius 1 is 0.889 bits per heavy atom. The van der Waals surface area contributed by atoms with Crippen molar-refractivity contribution in [3.05, 3.63) is 69.8 Å². The van der Waals surface area contributed by atoms with Gasteiger partial charge in [0.25, 0.3) is 11.8 Å². The highest BCUT2D eigenvalue weighted by Gasteiger charge is 2.33. The van der Waals surface area contributed by atoms with Gasteiger partial charge in [0.2, 0.25) is 5.78 Å². The quantitative estimate of drug-likeness (QED) is 0.473. The first-order valence-corrected chi connectivity index (χ1v) is 8.49. The number of imide groups is 1. The van der Waals surface area contributed by atoms with Crippen molar-refractivity contribution in [2.75, 3.05) is 7.05 Å². The number of hydrogen-bond acceptors (Lipinski definition) is 5. The Hall–Kier alpha value is -3.28. The zero-order chi connectivity index (χ0) is 19.9. The van der Waals surface area contributed by atoms with Crippen molar-refractivity contribution in [2.45, 2.75) is 26.9 Å². The highest BCUT2D eigenvalue weighted by atomic mass is 16.5. The minimum Gasteiger partial charge on any atom is -0.451 e. The fourth-order valence-electron chi connectivity index (χ4n) is 2.90. The molecule has 0 spiro atoms. The third-order valence-electron chi connectivity index (χ3n) is 4.77. The molecule has 0 N–H and O–H groups in total. The maximum atomic E-state index is 12.5. The summed E-state index contributed by atoms with van der Waals surface area (Å²) in [5, 5.41) is 0. The molecule has 2 aromatic rings. The summed E-state index contributed by atoms with van der Waals surface area (Å²) in [7, 11) is 1.38. The molecule has 0 aliphatic carbocycles. The second-order valence-electron chi connectivity index (χ2n) is 6.64. The predicted octanol–water partition coefficient (Wildman–Crippen LogP) is 2.96. The smallest absolute Gasteiger partial charge is 0.338 e. The Morgan fingerprint density at radius 2 is 1.52 bits per heavy atom. The average molecular weight is 365 g/mol. The Morgan fingerprint density at radius 3 is 2.19 bits per heavy atom. The largest absolute Gasteiger partial charge is 0.451 e. The van der Waals surface area contributed by atoms with Gasteiger partial charge in [-0.1, -0.05) is 12.1 Å². The van der Waals surface area contributed by atoms with Crippen molar-refractivity contribution >= 4 is 23.6 Å². The Balaban J connectivity index is 1.77. The van der Waals surface area contributed by atoms with Gasteiger partial charge in [0.05, 0.1) is 16.7 Å². The fourth-order valence-corrected chi connectivity index (χ4v) is 2.90. The van der Waals surface area contributed by atoms with Gasteiger partial charge < -0.3 is 4.74 Å². The molecule has 2 amide bonds. The number of nitrogens with zero attached hydrogens (tertiary/aromatic N) is 1. The first-order valence-electron chi connectivity index (χ1n) is 8.49. The van der Waals surface area contributed by atoms with Crippen LogP contribution in [0, 0.1) is 13.8 Å². The lowest BCUT2D eigenvalue weighted by Gasteiger charge is -2.13. The summed E-state index contributed by atoms with van der Waals surface area (Å²) in [6, 6.07) is 9.47. The standard InChI is InChI=1S/C21H19NO5/c1-11-5-6-14(9-12(11)2)18(23)13(3)27-21(26)15-7-8-16-17(10-15)20(25)22(4)19(16)24/h5-10,13H,1-4H3. The molecule has 0 saturated heterocycles. The third-order valence-corrected chi connectivity index (χ3v) is 4.77. The van der Waals surface area contributed by atoms with Crippen molar-refractivity contribution in [3.63, 3.8) is 0 Å². The molecular weight excluding hydrogens is 346 g/mol. The van der Waals surface area contributed by atoms with Gasteiger partial charge >= 0.3 is 5.97 Å². The molecule has 138 valence electrons. The van der Waals surface area contributed by atoms with E-state index in [1.165, 1.54) is 32.2 Å². The number of esters is 1. The number of aryl methyl sites for hydroxylation is 2. The molecule has 0 radical (unpaired) electrons. The number of carbonyl (C=O) groups excluding carboxylic acids is 4. The summed E-state index contributed by atoms with van der Waals surface area (Å²) in [5.41, 5.74) is 3.03. The molecule has 1 aliphatic rings. The molecule has 1 heterocycles. The normalized spacial score (nSPS) is 14.1. The molecule has 6 nitrogen and oxygen atoms in total. The molecule has 1 unspecified atom stereocenters. The van der Waals surface area contributed by atoms with E-state index in [1.807, 2.05) is 19.9 Å². The van der Waals surface area contributed by atoms with Crippen LogP contribution in [0.4, 0.5) is 0 Å². The summed E-state index contributed by atoms with van der Waals surface area (Å²) in [5.74, 6) is -1.91. The van der Waals surface area contributed by atoms with Gasteiger partial charge in [-0.05, 0) is 56.2 Å². The second kappa shape index (κ2) is 6.79. The van der Waals surface area contributed by atoms with Gasteiger partial charge in [-0.2, -0.15) is 0 Å². The van der Waals surface area contributed by atoms with E-state index in [9.17, 15) is 19.2 Å². The van der Waals surface area contributed by atoms with Gasteiger partial charge in [0.1, 0.15) is 0 Å². The minimum atomic E-state index is -0.979. The van der Waals surface area contributed by atoms with Crippen LogP contribution < -0.4 is 0 Å². The van der Waals surface area contributed by atoms with Crippen LogP contribution >= 0.6 is 0 Å². The number of ketones is 1. The first-order chi connectivity index (χ1) is 12.7. The number of hydrogen-bond donors (Lipinski definition) is 0. The lowest BCUT2D eigenvalue weighted by atomic mass is 10.0. The molecule has 1 aliphatic heterocycles. The third kappa shape index (κ3) is 3.26. The van der Waals surface area contributed by atoms with Gasteiger partial charge in [0, 0.05) is 12.6 Å². The summed E-state index contributed by atoms with van der Waals surface area (Å²) in [6.45, 7) is 5.36. The van der Waals surface area contributed by atoms with Crippen LogP contribution in [0.3, 0.4) is 0 Å². The number of Topliss-reactive ketones (excluding diaryl/α,β-unsaturated/α-hetero) is 1. The van der Waals surface area contributed by atoms with Gasteiger partial charge in [-0.3, -0.25) is 19.3 Å². The second-order valence-corrected chi connectivity index (χ2v) is 6.64. The maximum Gasteiger partial charge on any atom is 0.338 e. The van der Waals surface area contributed by atoms with Crippen LogP contribution in [0.1, 0.15) is 59.5 Å². The lowest BCUT2D eigenvalue weighted by molar-refractivity contribution is 0.0318. The van der Waals surface area contributed by atoms with E-state index in [4.69, 9.17) is 4.74 Å². The van der Waals surface area contributed by atoms with Crippen LogP contribution in [-0.4, -0.2) is 41.6 Å². The van der Waals surface area contributed by atoms with E-state index in [2.05, 4.69) is 0 Å². The molecule has 0 saturated carbocycles. The van der Waals surface area contributed by atoms with E-state index in [0.717, 1.165) is 16.0 Å². The SMILES string of the molecule is Cc1ccc(C(=O)C(C)OC(=O)c2ccc3c(c2)C(=O)N(C)C3=O)cc1C. The topological polar surface area (TPSA) is 80.8 Å². The Kier molecular flexibility index (Phi) is 4.66. The Labute approximate surface area is 156 Å². The number of rotatable bonds is 4. The summed E-state index contributed by atoms with van der Waals surface area (Å²) in [6.07, 6.45) is -0.979. The number of ether oxygens (including phenoxy) is 1. The summed E-state index contributed by atoms with van der Waals surface area (Å²) < 4.78 is 5.27. The van der Waals surface area contributed by atoms with E-state index < -0.39 is 23.9 Å². The van der Waals surface area contributed by atoms with Crippen LogP contribution in [0.2, 0.25) is 0 Å². The van der Waals surface area contributed by atoms with E-state index in [0.29, 0.717) is 5.56 Å². The zero-order valence-corrected chi connectivity index (χ0v) is 15.5. The molecule has 3 rings (SSSR count). The first kappa shape index (κ1) is 18.5. The average Bonchev–Trinajstić information content (AvgIpc) is 2.87. The van der Waals surface area contributed by atoms with E-state index >= 15 is 0 Å². The molecule has 0 bridgehead atoms. The lowest BCUT2D eigenvalue weighted by Crippen LogP contribution is -2.25. The van der Waals surface area contributed by atoms with Crippen molar-refractivity contribution in [2.24, 2.45) is 0 Å². The van der Waals surface area contributed by atoms with E-state index in [1.54, 1.807) is 12.1 Å². The van der Waals surface area contributed by atoms with Gasteiger partial charge in [0.15, 0.2) is 6.10 Å². The fraction of sp³-hybridized carbons (Fsp3) is 0.238. The predicted molar refractivity (Wildman–Crippen MR) is 98.0 cm³/mol. The van der Waals surface area contributed by atoms with Gasteiger partial charge in [-0.25, -0.2) is 4.79 Å². The molecule has 1 atom stereocenters. The highest BCUT2D eigenvalue weighted by molar-refractivity contribution is 6.21. The van der Waals surface area contributed by atoms with Crippen molar-refractivity contribution in [1.29, 1.82) is 0 Å². The van der Waals surface area contributed by atoms with Crippen LogP contribution in [0.5, 0.6) is 0 Å². The zero-order valence-electron chi connectivity index (χ0n) is 15.5. The summed E-state index contributed by atoms with van der Waals surface area (Å²) >= 11 is 0. The number of fused-ring (bicyclic) bond motifs is 1. The van der Waals surface area contributed by atoms with Crippen LogP contribution in [0.25, 0.3) is 0 Å². The highest BCUT2D eigenvalue weighted by Crippen LogP contribution is 2.23. The Bertz CT molecular complexity index is 992. The molecule has 27 heavy (non-hydrogen) atoms. The van der Waals surface area contributed by atoms with Crippen molar-refractivity contribution in [1.82, 2.24) is 4.90 Å². The van der Waals surface area contributed by atoms with Crippen LogP contribution in [-0.2, 0) is 4.74 Å². The maximum absolute atomic E-state index is 12.5. The number of amides is 2.